The highest BCUT2D eigenvalue weighted by molar-refractivity contribution is 7.09. The molecule has 0 aliphatic heterocycles. The zero-order chi connectivity index (χ0) is 12.7. The SMILES string of the molecule is CCC(CC)(CO)CNCCc1csc(C)n1. The van der Waals surface area contributed by atoms with Gasteiger partial charge in [0, 0.05) is 36.9 Å². The van der Waals surface area contributed by atoms with Gasteiger partial charge < -0.3 is 10.4 Å². The van der Waals surface area contributed by atoms with Crippen LogP contribution in [-0.2, 0) is 6.42 Å². The fourth-order valence-corrected chi connectivity index (χ4v) is 2.52. The molecule has 17 heavy (non-hydrogen) atoms. The lowest BCUT2D eigenvalue weighted by Crippen LogP contribution is -2.37. The molecule has 0 atom stereocenters. The Kier molecular flexibility index (Phi) is 6.09. The van der Waals surface area contributed by atoms with Crippen LogP contribution < -0.4 is 5.32 Å². The molecule has 0 amide bonds. The standard InChI is InChI=1S/C13H24N2OS/c1-4-13(5-2,10-16)9-14-7-6-12-8-17-11(3)15-12/h8,14,16H,4-7,9-10H2,1-3H3. The molecule has 0 aliphatic rings. The number of aromatic nitrogens is 1. The van der Waals surface area contributed by atoms with Crippen LogP contribution in [0.4, 0.5) is 0 Å². The Hall–Kier alpha value is -0.450. The van der Waals surface area contributed by atoms with E-state index in [0.29, 0.717) is 0 Å². The van der Waals surface area contributed by atoms with Crippen LogP contribution in [0, 0.1) is 12.3 Å². The number of thiazole rings is 1. The summed E-state index contributed by atoms with van der Waals surface area (Å²) in [5.74, 6) is 0. The minimum absolute atomic E-state index is 0.0536. The van der Waals surface area contributed by atoms with E-state index in [0.717, 1.165) is 37.4 Å². The summed E-state index contributed by atoms with van der Waals surface area (Å²) < 4.78 is 0. The number of rotatable bonds is 8. The van der Waals surface area contributed by atoms with Gasteiger partial charge in [0.2, 0.25) is 0 Å². The number of hydrogen-bond donors (Lipinski definition) is 2. The Morgan fingerprint density at radius 3 is 2.59 bits per heavy atom. The summed E-state index contributed by atoms with van der Waals surface area (Å²) in [6, 6.07) is 0. The Bertz CT molecular complexity index is 313. The molecule has 0 aliphatic carbocycles. The van der Waals surface area contributed by atoms with Crippen LogP contribution in [0.1, 0.15) is 37.4 Å². The maximum absolute atomic E-state index is 9.45. The second-order valence-corrected chi connectivity index (χ2v) is 5.71. The first-order chi connectivity index (χ1) is 8.15. The number of aliphatic hydroxyl groups is 1. The highest BCUT2D eigenvalue weighted by Crippen LogP contribution is 2.24. The van der Waals surface area contributed by atoms with Gasteiger partial charge in [-0.15, -0.1) is 11.3 Å². The van der Waals surface area contributed by atoms with Gasteiger partial charge in [-0.05, 0) is 19.8 Å². The molecule has 1 aromatic rings. The molecule has 0 fully saturated rings. The van der Waals surface area contributed by atoms with E-state index in [-0.39, 0.29) is 12.0 Å². The molecule has 98 valence electrons. The molecule has 0 saturated heterocycles. The van der Waals surface area contributed by atoms with Gasteiger partial charge in [0.05, 0.1) is 10.7 Å². The maximum atomic E-state index is 9.45. The molecule has 0 unspecified atom stereocenters. The summed E-state index contributed by atoms with van der Waals surface area (Å²) in [7, 11) is 0. The van der Waals surface area contributed by atoms with E-state index in [2.05, 4.69) is 29.5 Å². The van der Waals surface area contributed by atoms with Gasteiger partial charge in [-0.1, -0.05) is 13.8 Å². The summed E-state index contributed by atoms with van der Waals surface area (Å²) in [6.07, 6.45) is 3.00. The molecular weight excluding hydrogens is 232 g/mol. The van der Waals surface area contributed by atoms with Gasteiger partial charge in [0.25, 0.3) is 0 Å². The molecule has 2 N–H and O–H groups in total. The Morgan fingerprint density at radius 2 is 2.12 bits per heavy atom. The summed E-state index contributed by atoms with van der Waals surface area (Å²) in [5.41, 5.74) is 1.22. The Balaban J connectivity index is 2.27. The minimum Gasteiger partial charge on any atom is -0.396 e. The van der Waals surface area contributed by atoms with E-state index in [1.807, 2.05) is 6.92 Å². The molecule has 0 saturated carbocycles. The lowest BCUT2D eigenvalue weighted by Gasteiger charge is -2.29. The topological polar surface area (TPSA) is 45.1 Å². The molecule has 0 bridgehead atoms. The molecule has 4 heteroatoms. The third kappa shape index (κ3) is 4.37. The van der Waals surface area contributed by atoms with Crippen molar-refractivity contribution in [1.82, 2.24) is 10.3 Å². The predicted molar refractivity (Wildman–Crippen MR) is 73.5 cm³/mol. The van der Waals surface area contributed by atoms with Gasteiger partial charge in [-0.25, -0.2) is 4.98 Å². The number of nitrogens with one attached hydrogen (secondary N) is 1. The predicted octanol–water partition coefficient (Wildman–Crippen LogP) is 2.38. The first kappa shape index (κ1) is 14.6. The van der Waals surface area contributed by atoms with Crippen LogP contribution in [0.15, 0.2) is 5.38 Å². The van der Waals surface area contributed by atoms with Crippen molar-refractivity contribution in [2.24, 2.45) is 5.41 Å². The summed E-state index contributed by atoms with van der Waals surface area (Å²) >= 11 is 1.70. The van der Waals surface area contributed by atoms with Gasteiger partial charge in [0.15, 0.2) is 0 Å². The summed E-state index contributed by atoms with van der Waals surface area (Å²) in [5, 5.41) is 16.1. The van der Waals surface area contributed by atoms with Crippen molar-refractivity contribution in [3.05, 3.63) is 16.1 Å². The number of aliphatic hydroxyl groups excluding tert-OH is 1. The van der Waals surface area contributed by atoms with E-state index in [4.69, 9.17) is 0 Å². The fraction of sp³-hybridized carbons (Fsp3) is 0.769. The Labute approximate surface area is 108 Å². The monoisotopic (exact) mass is 256 g/mol. The first-order valence-corrected chi connectivity index (χ1v) is 7.26. The largest absolute Gasteiger partial charge is 0.396 e. The maximum Gasteiger partial charge on any atom is 0.0897 e. The summed E-state index contributed by atoms with van der Waals surface area (Å²) in [6.45, 7) is 8.41. The van der Waals surface area contributed by atoms with Gasteiger partial charge in [-0.2, -0.15) is 0 Å². The molecule has 1 heterocycles. The lowest BCUT2D eigenvalue weighted by atomic mass is 9.83. The van der Waals surface area contributed by atoms with Crippen LogP contribution in [0.2, 0.25) is 0 Å². The second-order valence-electron chi connectivity index (χ2n) is 4.65. The first-order valence-electron chi connectivity index (χ1n) is 6.38. The molecule has 1 rings (SSSR count). The third-order valence-corrected chi connectivity index (χ3v) is 4.38. The van der Waals surface area contributed by atoms with E-state index in [1.54, 1.807) is 11.3 Å². The van der Waals surface area contributed by atoms with Gasteiger partial charge in [0.1, 0.15) is 0 Å². The average molecular weight is 256 g/mol. The van der Waals surface area contributed by atoms with E-state index >= 15 is 0 Å². The van der Waals surface area contributed by atoms with Crippen molar-refractivity contribution < 1.29 is 5.11 Å². The quantitative estimate of drug-likeness (QED) is 0.702. The van der Waals surface area contributed by atoms with E-state index in [1.165, 1.54) is 5.69 Å². The Morgan fingerprint density at radius 1 is 1.41 bits per heavy atom. The number of aryl methyl sites for hydroxylation is 1. The van der Waals surface area contributed by atoms with Crippen LogP contribution in [-0.4, -0.2) is 29.8 Å². The van der Waals surface area contributed by atoms with Crippen LogP contribution in [0.25, 0.3) is 0 Å². The van der Waals surface area contributed by atoms with Gasteiger partial charge in [-0.3, -0.25) is 0 Å². The molecule has 0 spiro atoms. The van der Waals surface area contributed by atoms with Crippen LogP contribution in [0.5, 0.6) is 0 Å². The van der Waals surface area contributed by atoms with Crippen LogP contribution in [0.3, 0.4) is 0 Å². The average Bonchev–Trinajstić information content (AvgIpc) is 2.76. The van der Waals surface area contributed by atoms with Crippen molar-refractivity contribution in [2.75, 3.05) is 19.7 Å². The molecule has 3 nitrogen and oxygen atoms in total. The van der Waals surface area contributed by atoms with Gasteiger partial charge >= 0.3 is 0 Å². The second kappa shape index (κ2) is 7.09. The minimum atomic E-state index is 0.0536. The van der Waals surface area contributed by atoms with E-state index < -0.39 is 0 Å². The van der Waals surface area contributed by atoms with Crippen molar-refractivity contribution in [3.8, 4) is 0 Å². The highest BCUT2D eigenvalue weighted by Gasteiger charge is 2.24. The number of nitrogens with zero attached hydrogens (tertiary/aromatic N) is 1. The molecule has 0 radical (unpaired) electrons. The van der Waals surface area contributed by atoms with Crippen molar-refractivity contribution in [1.29, 1.82) is 0 Å². The smallest absolute Gasteiger partial charge is 0.0897 e. The summed E-state index contributed by atoms with van der Waals surface area (Å²) in [4.78, 5) is 4.43. The lowest BCUT2D eigenvalue weighted by molar-refractivity contribution is 0.113. The molecular formula is C13H24N2OS. The zero-order valence-corrected chi connectivity index (χ0v) is 11.9. The third-order valence-electron chi connectivity index (χ3n) is 3.56. The highest BCUT2D eigenvalue weighted by atomic mass is 32.1. The van der Waals surface area contributed by atoms with Crippen LogP contribution >= 0.6 is 11.3 Å². The molecule has 0 aromatic carbocycles. The fourth-order valence-electron chi connectivity index (χ4n) is 1.87. The zero-order valence-electron chi connectivity index (χ0n) is 11.1. The van der Waals surface area contributed by atoms with E-state index in [9.17, 15) is 5.11 Å². The van der Waals surface area contributed by atoms with Crippen molar-refractivity contribution >= 4 is 11.3 Å². The molecule has 1 aromatic heterocycles. The number of hydrogen-bond acceptors (Lipinski definition) is 4. The van der Waals surface area contributed by atoms with Crippen molar-refractivity contribution in [2.45, 2.75) is 40.0 Å². The normalized spacial score (nSPS) is 12.0. The van der Waals surface area contributed by atoms with Crippen molar-refractivity contribution in [3.63, 3.8) is 0 Å².